The zero-order valence-corrected chi connectivity index (χ0v) is 11.4. The molecule has 0 aliphatic carbocycles. The maximum Gasteiger partial charge on any atom is 0.237 e. The van der Waals surface area contributed by atoms with Crippen LogP contribution < -0.4 is 16.0 Å². The standard InChI is InChI=1S/C14H22N4O/c1-2-12(15)14(19)17-11-6-9-18(10-7-11)13-5-3-4-8-16-13/h3-5,8,11-12H,2,6-7,9-10,15H2,1H3,(H,17,19)/t12-/m1/s1. The Morgan fingerprint density at radius 1 is 1.53 bits per heavy atom. The van der Waals surface area contributed by atoms with Crippen LogP contribution in [0.5, 0.6) is 0 Å². The largest absolute Gasteiger partial charge is 0.356 e. The topological polar surface area (TPSA) is 71.2 Å². The summed E-state index contributed by atoms with van der Waals surface area (Å²) in [7, 11) is 0. The maximum atomic E-state index is 11.7. The minimum atomic E-state index is -0.381. The second-order valence-electron chi connectivity index (χ2n) is 4.97. The van der Waals surface area contributed by atoms with Gasteiger partial charge in [-0.2, -0.15) is 0 Å². The molecule has 2 heterocycles. The number of nitrogens with two attached hydrogens (primary N) is 1. The predicted octanol–water partition coefficient (Wildman–Crippen LogP) is 0.904. The fourth-order valence-electron chi connectivity index (χ4n) is 2.29. The Morgan fingerprint density at radius 3 is 2.84 bits per heavy atom. The molecule has 0 bridgehead atoms. The van der Waals surface area contributed by atoms with Crippen LogP contribution in [0.15, 0.2) is 24.4 Å². The van der Waals surface area contributed by atoms with E-state index in [1.165, 1.54) is 0 Å². The number of nitrogens with one attached hydrogen (secondary N) is 1. The second kappa shape index (κ2) is 6.52. The number of anilines is 1. The van der Waals surface area contributed by atoms with Gasteiger partial charge in [0, 0.05) is 25.3 Å². The molecule has 0 saturated carbocycles. The molecule has 1 amide bonds. The van der Waals surface area contributed by atoms with Crippen molar-refractivity contribution in [3.05, 3.63) is 24.4 Å². The van der Waals surface area contributed by atoms with Gasteiger partial charge in [-0.15, -0.1) is 0 Å². The number of nitrogens with zero attached hydrogens (tertiary/aromatic N) is 2. The van der Waals surface area contributed by atoms with Crippen LogP contribution in [0, 0.1) is 0 Å². The van der Waals surface area contributed by atoms with Crippen molar-refractivity contribution in [2.24, 2.45) is 5.73 Å². The van der Waals surface area contributed by atoms with Gasteiger partial charge >= 0.3 is 0 Å². The quantitative estimate of drug-likeness (QED) is 0.846. The van der Waals surface area contributed by atoms with Crippen LogP contribution in [-0.4, -0.2) is 36.1 Å². The van der Waals surface area contributed by atoms with Crippen molar-refractivity contribution in [3.8, 4) is 0 Å². The fraction of sp³-hybridized carbons (Fsp3) is 0.571. The monoisotopic (exact) mass is 262 g/mol. The Bertz CT molecular complexity index is 401. The molecule has 1 aromatic rings. The summed E-state index contributed by atoms with van der Waals surface area (Å²) in [4.78, 5) is 18.3. The summed E-state index contributed by atoms with van der Waals surface area (Å²) in [6.07, 6.45) is 4.37. The van der Waals surface area contributed by atoms with E-state index in [2.05, 4.69) is 15.2 Å². The van der Waals surface area contributed by atoms with Crippen LogP contribution in [0.1, 0.15) is 26.2 Å². The number of carbonyl (C=O) groups is 1. The molecule has 19 heavy (non-hydrogen) atoms. The summed E-state index contributed by atoms with van der Waals surface area (Å²) in [6.45, 7) is 3.76. The second-order valence-corrected chi connectivity index (χ2v) is 4.97. The molecule has 5 nitrogen and oxygen atoms in total. The van der Waals surface area contributed by atoms with Gasteiger partial charge in [0.15, 0.2) is 0 Å². The molecule has 5 heteroatoms. The third-order valence-electron chi connectivity index (χ3n) is 3.59. The third-order valence-corrected chi connectivity index (χ3v) is 3.59. The van der Waals surface area contributed by atoms with E-state index in [0.29, 0.717) is 6.42 Å². The lowest BCUT2D eigenvalue weighted by Gasteiger charge is -2.33. The molecule has 0 unspecified atom stereocenters. The van der Waals surface area contributed by atoms with E-state index in [1.54, 1.807) is 0 Å². The van der Waals surface area contributed by atoms with Gasteiger partial charge in [0.25, 0.3) is 0 Å². The molecule has 0 radical (unpaired) electrons. The van der Waals surface area contributed by atoms with E-state index in [9.17, 15) is 4.79 Å². The lowest BCUT2D eigenvalue weighted by Crippen LogP contribution is -2.49. The lowest BCUT2D eigenvalue weighted by molar-refractivity contribution is -0.123. The van der Waals surface area contributed by atoms with E-state index < -0.39 is 0 Å². The van der Waals surface area contributed by atoms with E-state index in [-0.39, 0.29) is 18.0 Å². The first kappa shape index (κ1) is 13.8. The minimum Gasteiger partial charge on any atom is -0.356 e. The minimum absolute atomic E-state index is 0.0289. The van der Waals surface area contributed by atoms with Crippen LogP contribution >= 0.6 is 0 Å². The molecule has 0 spiro atoms. The van der Waals surface area contributed by atoms with Gasteiger partial charge in [-0.25, -0.2) is 4.98 Å². The lowest BCUT2D eigenvalue weighted by atomic mass is 10.0. The highest BCUT2D eigenvalue weighted by atomic mass is 16.2. The van der Waals surface area contributed by atoms with Gasteiger partial charge in [0.2, 0.25) is 5.91 Å². The maximum absolute atomic E-state index is 11.7. The van der Waals surface area contributed by atoms with Crippen molar-refractivity contribution in [1.82, 2.24) is 10.3 Å². The molecule has 1 aliphatic rings. The summed E-state index contributed by atoms with van der Waals surface area (Å²) in [5.41, 5.74) is 5.72. The molecule has 1 fully saturated rings. The van der Waals surface area contributed by atoms with E-state index >= 15 is 0 Å². The van der Waals surface area contributed by atoms with Crippen LogP contribution in [-0.2, 0) is 4.79 Å². The summed E-state index contributed by atoms with van der Waals surface area (Å²) >= 11 is 0. The van der Waals surface area contributed by atoms with Gasteiger partial charge in [0.1, 0.15) is 5.82 Å². The van der Waals surface area contributed by atoms with Crippen molar-refractivity contribution < 1.29 is 4.79 Å². The zero-order valence-electron chi connectivity index (χ0n) is 11.4. The van der Waals surface area contributed by atoms with Gasteiger partial charge < -0.3 is 16.0 Å². The number of piperidine rings is 1. The Balaban J connectivity index is 1.81. The SMILES string of the molecule is CC[C@@H](N)C(=O)NC1CCN(c2ccccn2)CC1. The summed E-state index contributed by atoms with van der Waals surface area (Å²) in [5.74, 6) is 0.983. The van der Waals surface area contributed by atoms with Crippen molar-refractivity contribution in [2.45, 2.75) is 38.3 Å². The average Bonchev–Trinajstić information content (AvgIpc) is 2.48. The van der Waals surface area contributed by atoms with E-state index in [1.807, 2.05) is 31.3 Å². The molecule has 104 valence electrons. The molecule has 3 N–H and O–H groups in total. The summed E-state index contributed by atoms with van der Waals surface area (Å²) in [5, 5.41) is 3.03. The predicted molar refractivity (Wildman–Crippen MR) is 75.9 cm³/mol. The number of amides is 1. The number of pyridine rings is 1. The third kappa shape index (κ3) is 3.67. The highest BCUT2D eigenvalue weighted by molar-refractivity contribution is 5.81. The van der Waals surface area contributed by atoms with Gasteiger partial charge in [-0.1, -0.05) is 13.0 Å². The number of rotatable bonds is 4. The highest BCUT2D eigenvalue weighted by Crippen LogP contribution is 2.17. The van der Waals surface area contributed by atoms with Crippen molar-refractivity contribution in [2.75, 3.05) is 18.0 Å². The van der Waals surface area contributed by atoms with Crippen molar-refractivity contribution >= 4 is 11.7 Å². The number of aromatic nitrogens is 1. The van der Waals surface area contributed by atoms with Gasteiger partial charge in [-0.3, -0.25) is 4.79 Å². The van der Waals surface area contributed by atoms with Crippen LogP contribution in [0.25, 0.3) is 0 Å². The first-order valence-electron chi connectivity index (χ1n) is 6.92. The Morgan fingerprint density at radius 2 is 2.26 bits per heavy atom. The first-order valence-corrected chi connectivity index (χ1v) is 6.92. The fourth-order valence-corrected chi connectivity index (χ4v) is 2.29. The summed E-state index contributed by atoms with van der Waals surface area (Å²) in [6, 6.07) is 5.80. The molecule has 1 saturated heterocycles. The Kier molecular flexibility index (Phi) is 4.74. The van der Waals surface area contributed by atoms with Crippen LogP contribution in [0.4, 0.5) is 5.82 Å². The molecular weight excluding hydrogens is 240 g/mol. The molecule has 2 rings (SSSR count). The molecular formula is C14H22N4O. The van der Waals surface area contributed by atoms with Gasteiger partial charge in [-0.05, 0) is 31.4 Å². The van der Waals surface area contributed by atoms with E-state index in [0.717, 1.165) is 31.7 Å². The van der Waals surface area contributed by atoms with Crippen molar-refractivity contribution in [3.63, 3.8) is 0 Å². The Hall–Kier alpha value is -1.62. The summed E-state index contributed by atoms with van der Waals surface area (Å²) < 4.78 is 0. The smallest absolute Gasteiger partial charge is 0.237 e. The molecule has 1 aliphatic heterocycles. The van der Waals surface area contributed by atoms with Crippen LogP contribution in [0.2, 0.25) is 0 Å². The molecule has 0 aromatic carbocycles. The normalized spacial score (nSPS) is 18.1. The highest BCUT2D eigenvalue weighted by Gasteiger charge is 2.22. The van der Waals surface area contributed by atoms with Crippen molar-refractivity contribution in [1.29, 1.82) is 0 Å². The number of carbonyl (C=O) groups excluding carboxylic acids is 1. The average molecular weight is 262 g/mol. The first-order chi connectivity index (χ1) is 9.20. The van der Waals surface area contributed by atoms with Gasteiger partial charge in [0.05, 0.1) is 6.04 Å². The zero-order chi connectivity index (χ0) is 13.7. The molecule has 1 atom stereocenters. The number of hydrogen-bond donors (Lipinski definition) is 2. The Labute approximate surface area is 114 Å². The van der Waals surface area contributed by atoms with E-state index in [4.69, 9.17) is 5.73 Å². The number of hydrogen-bond acceptors (Lipinski definition) is 4. The molecule has 1 aromatic heterocycles. The van der Waals surface area contributed by atoms with Crippen LogP contribution in [0.3, 0.4) is 0 Å².